The quantitative estimate of drug-likeness (QED) is 0.274. The van der Waals surface area contributed by atoms with Crippen LogP contribution < -0.4 is 19.1 Å². The molecule has 5 rings (SSSR count). The summed E-state index contributed by atoms with van der Waals surface area (Å²) in [7, 11) is 0. The van der Waals surface area contributed by atoms with E-state index in [2.05, 4.69) is 19.5 Å². The van der Waals surface area contributed by atoms with E-state index in [4.69, 9.17) is 9.47 Å². The third-order valence-electron chi connectivity index (χ3n) is 6.68. The first-order chi connectivity index (χ1) is 19.2. The van der Waals surface area contributed by atoms with Crippen molar-refractivity contribution in [3.05, 3.63) is 76.5 Å². The average molecular weight is 560 g/mol. The molecular formula is C27H28F3N5O5. The Morgan fingerprint density at radius 2 is 1.73 bits per heavy atom. The van der Waals surface area contributed by atoms with Crippen LogP contribution in [0.1, 0.15) is 12.0 Å². The summed E-state index contributed by atoms with van der Waals surface area (Å²) in [6, 6.07) is 13.9. The Morgan fingerprint density at radius 3 is 2.40 bits per heavy atom. The summed E-state index contributed by atoms with van der Waals surface area (Å²) in [5.41, 5.74) is 1.91. The molecule has 2 aliphatic rings. The maximum Gasteiger partial charge on any atom is 0.573 e. The van der Waals surface area contributed by atoms with Crippen LogP contribution in [0.5, 0.6) is 17.5 Å². The molecule has 0 amide bonds. The van der Waals surface area contributed by atoms with Crippen molar-refractivity contribution in [1.82, 2.24) is 14.5 Å². The van der Waals surface area contributed by atoms with Crippen LogP contribution in [0.3, 0.4) is 0 Å². The van der Waals surface area contributed by atoms with Gasteiger partial charge in [-0.2, -0.15) is 0 Å². The smallest absolute Gasteiger partial charge is 0.490 e. The predicted molar refractivity (Wildman–Crippen MR) is 141 cm³/mol. The SMILES string of the molecule is O=[N+]([O-])c1cn2c(n1)OC(COc1ccc(N3CCN(C/C=C/c4ccc(OC(F)(F)F)cc4)CC3)cc1)CC2. The van der Waals surface area contributed by atoms with E-state index >= 15 is 0 Å². The van der Waals surface area contributed by atoms with E-state index < -0.39 is 11.3 Å². The van der Waals surface area contributed by atoms with Crippen LogP contribution in [-0.2, 0) is 6.54 Å². The van der Waals surface area contributed by atoms with Crippen molar-refractivity contribution >= 4 is 17.6 Å². The van der Waals surface area contributed by atoms with Crippen LogP contribution in [0.25, 0.3) is 6.08 Å². The van der Waals surface area contributed by atoms with Crippen LogP contribution in [0.4, 0.5) is 24.7 Å². The zero-order valence-electron chi connectivity index (χ0n) is 21.5. The number of alkyl halides is 3. The lowest BCUT2D eigenvalue weighted by Gasteiger charge is -2.35. The van der Waals surface area contributed by atoms with Crippen molar-refractivity contribution in [3.8, 4) is 17.5 Å². The lowest BCUT2D eigenvalue weighted by Crippen LogP contribution is -2.46. The molecule has 1 unspecified atom stereocenters. The van der Waals surface area contributed by atoms with Gasteiger partial charge < -0.3 is 29.2 Å². The molecule has 0 spiro atoms. The number of rotatable bonds is 9. The van der Waals surface area contributed by atoms with Crippen LogP contribution in [0.15, 0.2) is 60.8 Å². The number of piperazine rings is 1. The van der Waals surface area contributed by atoms with Crippen LogP contribution in [-0.4, -0.2) is 71.2 Å². The van der Waals surface area contributed by atoms with Gasteiger partial charge in [0.15, 0.2) is 0 Å². The van der Waals surface area contributed by atoms with E-state index in [9.17, 15) is 23.3 Å². The molecule has 3 heterocycles. The Morgan fingerprint density at radius 1 is 1.02 bits per heavy atom. The number of benzene rings is 2. The lowest BCUT2D eigenvalue weighted by atomic mass is 10.2. The van der Waals surface area contributed by atoms with Gasteiger partial charge in [0.25, 0.3) is 0 Å². The summed E-state index contributed by atoms with van der Waals surface area (Å²) in [6.07, 6.45) is 1.01. The van der Waals surface area contributed by atoms with Gasteiger partial charge in [0.05, 0.1) is 0 Å². The number of anilines is 1. The topological polar surface area (TPSA) is 95.1 Å². The molecule has 2 aliphatic heterocycles. The zero-order valence-corrected chi connectivity index (χ0v) is 21.5. The van der Waals surface area contributed by atoms with Gasteiger partial charge >= 0.3 is 18.2 Å². The van der Waals surface area contributed by atoms with E-state index in [1.165, 1.54) is 18.3 Å². The van der Waals surface area contributed by atoms with Crippen molar-refractivity contribution in [3.63, 3.8) is 0 Å². The number of ether oxygens (including phenoxy) is 3. The fourth-order valence-electron chi connectivity index (χ4n) is 4.59. The molecule has 212 valence electrons. The first-order valence-electron chi connectivity index (χ1n) is 12.8. The minimum absolute atomic E-state index is 0.225. The van der Waals surface area contributed by atoms with Crippen molar-refractivity contribution in [1.29, 1.82) is 0 Å². The van der Waals surface area contributed by atoms with Crippen molar-refractivity contribution in [2.24, 2.45) is 0 Å². The van der Waals surface area contributed by atoms with Gasteiger partial charge in [0.1, 0.15) is 30.4 Å². The highest BCUT2D eigenvalue weighted by Crippen LogP contribution is 2.26. The highest BCUT2D eigenvalue weighted by atomic mass is 19.4. The third-order valence-corrected chi connectivity index (χ3v) is 6.68. The summed E-state index contributed by atoms with van der Waals surface area (Å²) in [4.78, 5) is 18.9. The van der Waals surface area contributed by atoms with Crippen LogP contribution in [0.2, 0.25) is 0 Å². The lowest BCUT2D eigenvalue weighted by molar-refractivity contribution is -0.389. The number of aromatic nitrogens is 2. The van der Waals surface area contributed by atoms with Gasteiger partial charge in [-0.15, -0.1) is 13.2 Å². The maximum absolute atomic E-state index is 12.3. The number of hydrogen-bond acceptors (Lipinski definition) is 8. The Bertz CT molecular complexity index is 1320. The largest absolute Gasteiger partial charge is 0.573 e. The summed E-state index contributed by atoms with van der Waals surface area (Å²) < 4.78 is 54.0. The minimum Gasteiger partial charge on any atom is -0.490 e. The minimum atomic E-state index is -4.69. The van der Waals surface area contributed by atoms with Gasteiger partial charge in [0.2, 0.25) is 0 Å². The summed E-state index contributed by atoms with van der Waals surface area (Å²) in [5, 5.41) is 10.9. The second-order valence-electron chi connectivity index (χ2n) is 9.47. The molecule has 1 aromatic heterocycles. The van der Waals surface area contributed by atoms with E-state index in [0.29, 0.717) is 25.3 Å². The van der Waals surface area contributed by atoms with Crippen molar-refractivity contribution < 1.29 is 32.3 Å². The number of aryl methyl sites for hydroxylation is 1. The number of hydrogen-bond donors (Lipinski definition) is 0. The first-order valence-corrected chi connectivity index (χ1v) is 12.8. The number of nitrogens with zero attached hydrogens (tertiary/aromatic N) is 5. The molecule has 3 aromatic rings. The zero-order chi connectivity index (χ0) is 28.1. The maximum atomic E-state index is 12.3. The standard InChI is InChI=1S/C27H28F3N5O5/c28-27(29,30)40-23-7-3-20(4-8-23)2-1-12-32-14-16-33(17-15-32)21-5-9-22(10-6-21)38-19-24-11-13-34-18-25(35(36)37)31-26(34)39-24/h1-10,18,24H,11-17,19H2/b2-1+. The highest BCUT2D eigenvalue weighted by molar-refractivity contribution is 5.51. The highest BCUT2D eigenvalue weighted by Gasteiger charge is 2.31. The summed E-state index contributed by atoms with van der Waals surface area (Å²) in [6.45, 7) is 5.15. The van der Waals surface area contributed by atoms with Crippen LogP contribution >= 0.6 is 0 Å². The fraction of sp³-hybridized carbons (Fsp3) is 0.370. The molecule has 0 aliphatic carbocycles. The molecule has 0 bridgehead atoms. The Labute approximate surface area is 228 Å². The van der Waals surface area contributed by atoms with Crippen molar-refractivity contribution in [2.45, 2.75) is 25.4 Å². The monoisotopic (exact) mass is 559 g/mol. The number of imidazole rings is 1. The van der Waals surface area contributed by atoms with Crippen molar-refractivity contribution in [2.75, 3.05) is 44.2 Å². The van der Waals surface area contributed by atoms with Crippen LogP contribution in [0, 0.1) is 10.1 Å². The fourth-order valence-corrected chi connectivity index (χ4v) is 4.59. The molecule has 10 nitrogen and oxygen atoms in total. The Balaban J connectivity index is 1.03. The summed E-state index contributed by atoms with van der Waals surface area (Å²) in [5.74, 6) is 0.257. The molecule has 13 heteroatoms. The molecule has 1 fully saturated rings. The average Bonchev–Trinajstić information content (AvgIpc) is 3.37. The molecular weight excluding hydrogens is 531 g/mol. The first kappa shape index (κ1) is 27.3. The predicted octanol–water partition coefficient (Wildman–Crippen LogP) is 4.76. The van der Waals surface area contributed by atoms with E-state index in [1.807, 2.05) is 36.4 Å². The molecule has 0 radical (unpaired) electrons. The van der Waals surface area contributed by atoms with Gasteiger partial charge in [-0.3, -0.25) is 9.47 Å². The molecule has 1 saturated heterocycles. The normalized spacial score (nSPS) is 17.9. The number of nitro groups is 1. The molecule has 0 N–H and O–H groups in total. The van der Waals surface area contributed by atoms with Gasteiger partial charge in [0, 0.05) is 56.4 Å². The molecule has 0 saturated carbocycles. The molecule has 1 atom stereocenters. The Hall–Kier alpha value is -4.26. The van der Waals surface area contributed by atoms with E-state index in [-0.39, 0.29) is 23.7 Å². The third kappa shape index (κ3) is 7.23. The van der Waals surface area contributed by atoms with Gasteiger partial charge in [-0.05, 0) is 46.9 Å². The van der Waals surface area contributed by atoms with Gasteiger partial charge in [-0.1, -0.05) is 24.3 Å². The van der Waals surface area contributed by atoms with E-state index in [0.717, 1.165) is 44.0 Å². The molecule has 40 heavy (non-hydrogen) atoms. The van der Waals surface area contributed by atoms with Gasteiger partial charge in [-0.25, -0.2) is 0 Å². The second-order valence-corrected chi connectivity index (χ2v) is 9.47. The number of halogens is 3. The summed E-state index contributed by atoms with van der Waals surface area (Å²) >= 11 is 0. The second kappa shape index (κ2) is 11.9. The number of fused-ring (bicyclic) bond motifs is 1. The van der Waals surface area contributed by atoms with E-state index in [1.54, 1.807) is 16.7 Å². The molecule has 2 aromatic carbocycles. The Kier molecular flexibility index (Phi) is 8.10.